The molecule has 0 spiro atoms. The van der Waals surface area contributed by atoms with Crippen LogP contribution in [0.25, 0.3) is 0 Å². The first kappa shape index (κ1) is 27.5. The Morgan fingerprint density at radius 3 is 2.41 bits per heavy atom. The molecule has 3 aromatic carbocycles. The Bertz CT molecular complexity index is 1410. The van der Waals surface area contributed by atoms with Gasteiger partial charge in [-0.15, -0.1) is 0 Å². The van der Waals surface area contributed by atoms with Gasteiger partial charge in [-0.1, -0.05) is 42.8 Å². The molecule has 5 rings (SSSR count). The van der Waals surface area contributed by atoms with Gasteiger partial charge in [0.2, 0.25) is 16.8 Å². The smallest absolute Gasteiger partial charge is 0.243 e. The number of likely N-dealkylation sites (tertiary alicyclic amines) is 1. The van der Waals surface area contributed by atoms with Crippen LogP contribution in [-0.2, 0) is 10.0 Å². The van der Waals surface area contributed by atoms with Crippen molar-refractivity contribution in [1.82, 2.24) is 9.21 Å². The second-order valence-electron chi connectivity index (χ2n) is 10.5. The number of benzene rings is 3. The summed E-state index contributed by atoms with van der Waals surface area (Å²) in [6, 6.07) is 20.2. The summed E-state index contributed by atoms with van der Waals surface area (Å²) < 4.78 is 45.7. The topological polar surface area (TPSA) is 68.3 Å². The quantitative estimate of drug-likeness (QED) is 0.324. The van der Waals surface area contributed by atoms with E-state index in [1.54, 1.807) is 17.5 Å². The van der Waals surface area contributed by atoms with Gasteiger partial charge < -0.3 is 14.2 Å². The zero-order chi connectivity index (χ0) is 27.6. The number of hydrogen-bond donors (Lipinski definition) is 0. The first-order valence-electron chi connectivity index (χ1n) is 13.6. The molecule has 0 saturated carbocycles. The summed E-state index contributed by atoms with van der Waals surface area (Å²) in [5.41, 5.74) is 4.27. The van der Waals surface area contributed by atoms with E-state index in [9.17, 15) is 8.42 Å². The lowest BCUT2D eigenvalue weighted by atomic mass is 9.93. The van der Waals surface area contributed by atoms with Crippen molar-refractivity contribution < 1.29 is 22.6 Å². The maximum atomic E-state index is 13.7. The van der Waals surface area contributed by atoms with E-state index < -0.39 is 10.0 Å². The number of nitrogens with zero attached hydrogens (tertiary/aromatic N) is 2. The molecule has 2 aliphatic rings. The molecular formula is C31H38N2O5S. The molecule has 0 aromatic heterocycles. The number of methoxy groups -OCH3 is 1. The highest BCUT2D eigenvalue weighted by molar-refractivity contribution is 7.89. The highest BCUT2D eigenvalue weighted by Crippen LogP contribution is 2.43. The van der Waals surface area contributed by atoms with Crippen molar-refractivity contribution in [2.75, 3.05) is 40.1 Å². The Labute approximate surface area is 232 Å². The van der Waals surface area contributed by atoms with Gasteiger partial charge in [0.1, 0.15) is 5.75 Å². The van der Waals surface area contributed by atoms with Crippen LogP contribution < -0.4 is 14.2 Å². The summed E-state index contributed by atoms with van der Waals surface area (Å²) in [6.45, 7) is 8.53. The van der Waals surface area contributed by atoms with Crippen LogP contribution in [0.2, 0.25) is 0 Å². The molecular weight excluding hydrogens is 512 g/mol. The summed E-state index contributed by atoms with van der Waals surface area (Å²) in [5.74, 6) is 2.69. The molecule has 2 aliphatic heterocycles. The first-order chi connectivity index (χ1) is 18.8. The number of fused-ring (bicyclic) bond motifs is 1. The van der Waals surface area contributed by atoms with Crippen molar-refractivity contribution in [3.63, 3.8) is 0 Å². The van der Waals surface area contributed by atoms with Crippen LogP contribution in [0.4, 0.5) is 0 Å². The van der Waals surface area contributed by atoms with E-state index in [0.717, 1.165) is 47.8 Å². The highest BCUT2D eigenvalue weighted by Gasteiger charge is 2.36. The molecule has 0 aliphatic carbocycles. The third-order valence-electron chi connectivity index (χ3n) is 7.83. The zero-order valence-electron chi connectivity index (χ0n) is 23.2. The Hall–Kier alpha value is -3.07. The minimum absolute atomic E-state index is 0.165. The Morgan fingerprint density at radius 1 is 0.949 bits per heavy atom. The van der Waals surface area contributed by atoms with Crippen LogP contribution >= 0.6 is 0 Å². The molecule has 1 fully saturated rings. The number of ether oxygens (including phenoxy) is 3. The first-order valence-corrected chi connectivity index (χ1v) is 15.1. The SMILES string of the molecule is CCCN(CCN1C[C@@H](c2ccc3c(c2)OCO3)C[C@@H]1c1ccc(OC)cc1)S(=O)(=O)c1ccc(C)cc1C. The zero-order valence-corrected chi connectivity index (χ0v) is 24.0. The van der Waals surface area contributed by atoms with Crippen LogP contribution in [0.3, 0.4) is 0 Å². The van der Waals surface area contributed by atoms with E-state index in [2.05, 4.69) is 29.2 Å². The molecule has 1 saturated heterocycles. The minimum Gasteiger partial charge on any atom is -0.497 e. The maximum Gasteiger partial charge on any atom is 0.243 e. The lowest BCUT2D eigenvalue weighted by Gasteiger charge is -2.29. The molecule has 3 aromatic rings. The highest BCUT2D eigenvalue weighted by atomic mass is 32.2. The summed E-state index contributed by atoms with van der Waals surface area (Å²) in [6.07, 6.45) is 1.69. The summed E-state index contributed by atoms with van der Waals surface area (Å²) in [5, 5.41) is 0. The van der Waals surface area contributed by atoms with Gasteiger partial charge in [0.05, 0.1) is 12.0 Å². The minimum atomic E-state index is -3.61. The molecule has 2 atom stereocenters. The Balaban J connectivity index is 1.39. The van der Waals surface area contributed by atoms with Gasteiger partial charge in [-0.2, -0.15) is 4.31 Å². The van der Waals surface area contributed by atoms with Crippen LogP contribution in [0, 0.1) is 13.8 Å². The fourth-order valence-electron chi connectivity index (χ4n) is 5.80. The van der Waals surface area contributed by atoms with Gasteiger partial charge in [0.15, 0.2) is 11.5 Å². The second kappa shape index (κ2) is 11.6. The monoisotopic (exact) mass is 550 g/mol. The van der Waals surface area contributed by atoms with Crippen molar-refractivity contribution >= 4 is 10.0 Å². The average Bonchev–Trinajstić information content (AvgIpc) is 3.57. The Kier molecular flexibility index (Phi) is 8.16. The lowest BCUT2D eigenvalue weighted by molar-refractivity contribution is 0.174. The van der Waals surface area contributed by atoms with Crippen molar-refractivity contribution in [3.8, 4) is 17.2 Å². The Morgan fingerprint density at radius 2 is 1.69 bits per heavy atom. The predicted octanol–water partition coefficient (Wildman–Crippen LogP) is 5.67. The third kappa shape index (κ3) is 5.78. The van der Waals surface area contributed by atoms with Crippen LogP contribution in [0.15, 0.2) is 65.6 Å². The maximum absolute atomic E-state index is 13.7. The van der Waals surface area contributed by atoms with Gasteiger partial charge >= 0.3 is 0 Å². The van der Waals surface area contributed by atoms with E-state index in [4.69, 9.17) is 14.2 Å². The predicted molar refractivity (Wildman–Crippen MR) is 152 cm³/mol. The molecule has 0 radical (unpaired) electrons. The van der Waals surface area contributed by atoms with E-state index >= 15 is 0 Å². The van der Waals surface area contributed by atoms with Gasteiger partial charge in [0, 0.05) is 32.2 Å². The molecule has 8 heteroatoms. The number of rotatable bonds is 10. The number of sulfonamides is 1. The van der Waals surface area contributed by atoms with E-state index in [1.165, 1.54) is 11.1 Å². The number of hydrogen-bond acceptors (Lipinski definition) is 6. The van der Waals surface area contributed by atoms with Crippen LogP contribution in [0.5, 0.6) is 17.2 Å². The molecule has 0 amide bonds. The second-order valence-corrected chi connectivity index (χ2v) is 12.4. The van der Waals surface area contributed by atoms with Crippen molar-refractivity contribution in [1.29, 1.82) is 0 Å². The average molecular weight is 551 g/mol. The van der Waals surface area contributed by atoms with E-state index in [-0.39, 0.29) is 12.8 Å². The largest absolute Gasteiger partial charge is 0.497 e. The fraction of sp³-hybridized carbons (Fsp3) is 0.419. The van der Waals surface area contributed by atoms with Crippen molar-refractivity contribution in [2.24, 2.45) is 0 Å². The normalized spacial score (nSPS) is 19.1. The summed E-state index contributed by atoms with van der Waals surface area (Å²) >= 11 is 0. The number of aryl methyl sites for hydroxylation is 2. The fourth-order valence-corrected chi connectivity index (χ4v) is 7.53. The van der Waals surface area contributed by atoms with Gasteiger partial charge in [-0.05, 0) is 79.6 Å². The van der Waals surface area contributed by atoms with Crippen molar-refractivity contribution in [3.05, 3.63) is 82.9 Å². The van der Waals surface area contributed by atoms with E-state index in [0.29, 0.717) is 30.4 Å². The molecule has 0 N–H and O–H groups in total. The molecule has 2 heterocycles. The van der Waals surface area contributed by atoms with Crippen LogP contribution in [-0.4, -0.2) is 57.7 Å². The van der Waals surface area contributed by atoms with Crippen molar-refractivity contribution in [2.45, 2.75) is 50.5 Å². The molecule has 208 valence electrons. The van der Waals surface area contributed by atoms with E-state index in [1.807, 2.05) is 51.1 Å². The van der Waals surface area contributed by atoms with Gasteiger partial charge in [0.25, 0.3) is 0 Å². The molecule has 7 nitrogen and oxygen atoms in total. The van der Waals surface area contributed by atoms with Gasteiger partial charge in [-0.25, -0.2) is 8.42 Å². The molecule has 39 heavy (non-hydrogen) atoms. The third-order valence-corrected chi connectivity index (χ3v) is 9.89. The summed E-state index contributed by atoms with van der Waals surface area (Å²) in [4.78, 5) is 2.82. The van der Waals surface area contributed by atoms with Gasteiger partial charge in [-0.3, -0.25) is 4.90 Å². The molecule has 0 unspecified atom stereocenters. The molecule has 0 bridgehead atoms. The lowest BCUT2D eigenvalue weighted by Crippen LogP contribution is -2.39. The standard InChI is InChI=1S/C31H38N2O5S/c1-5-14-33(39(34,35)31-13-6-22(2)17-23(31)3)16-15-32-20-26(25-9-12-29-30(19-25)38-21-37-29)18-28(32)24-7-10-27(36-4)11-8-24/h6-13,17,19,26,28H,5,14-16,18,20-21H2,1-4H3/t26-,28+/m0/s1. The summed E-state index contributed by atoms with van der Waals surface area (Å²) in [7, 11) is -1.93. The van der Waals surface area contributed by atoms with Crippen LogP contribution in [0.1, 0.15) is 54.0 Å².